The fraction of sp³-hybridized carbons (Fsp3) is 0.259. The molecule has 1 fully saturated rings. The summed E-state index contributed by atoms with van der Waals surface area (Å²) in [6.07, 6.45) is 8.16. The van der Waals surface area contributed by atoms with Gasteiger partial charge in [0.15, 0.2) is 0 Å². The third-order valence-corrected chi connectivity index (χ3v) is 6.68. The molecule has 1 aliphatic carbocycles. The number of halogens is 1. The number of aryl methyl sites for hydroxylation is 1. The van der Waals surface area contributed by atoms with E-state index in [2.05, 4.69) is 25.6 Å². The fourth-order valence-electron chi connectivity index (χ4n) is 4.47. The molecule has 1 saturated carbocycles. The number of carbonyl (C=O) groups is 1. The van der Waals surface area contributed by atoms with Crippen molar-refractivity contribution in [3.05, 3.63) is 82.5 Å². The maximum atomic E-state index is 12.7. The minimum absolute atomic E-state index is 0.357. The number of esters is 1. The summed E-state index contributed by atoms with van der Waals surface area (Å²) in [7, 11) is 0. The number of fused-ring (bicyclic) bond motifs is 1. The molecule has 0 bridgehead atoms. The van der Waals surface area contributed by atoms with Gasteiger partial charge in [-0.15, -0.1) is 0 Å². The van der Waals surface area contributed by atoms with Crippen LogP contribution in [0.1, 0.15) is 48.0 Å². The minimum atomic E-state index is -0.357. The molecular formula is C27H26BrN3O2. The van der Waals surface area contributed by atoms with Crippen molar-refractivity contribution in [3.8, 4) is 17.0 Å². The van der Waals surface area contributed by atoms with E-state index in [1.165, 1.54) is 19.3 Å². The Morgan fingerprint density at radius 2 is 1.88 bits per heavy atom. The first-order valence-electron chi connectivity index (χ1n) is 11.4. The Labute approximate surface area is 201 Å². The van der Waals surface area contributed by atoms with Gasteiger partial charge in [-0.1, -0.05) is 49.6 Å². The Morgan fingerprint density at radius 1 is 1.06 bits per heavy atom. The first-order chi connectivity index (χ1) is 16.1. The molecule has 0 spiro atoms. The lowest BCUT2D eigenvalue weighted by atomic mass is 9.95. The predicted octanol–water partition coefficient (Wildman–Crippen LogP) is 7.04. The van der Waals surface area contributed by atoms with E-state index < -0.39 is 0 Å². The quantitative estimate of drug-likeness (QED) is 0.234. The minimum Gasteiger partial charge on any atom is -0.423 e. The van der Waals surface area contributed by atoms with Crippen molar-refractivity contribution in [2.45, 2.75) is 45.1 Å². The summed E-state index contributed by atoms with van der Waals surface area (Å²) in [4.78, 5) is 17.7. The second-order valence-electron chi connectivity index (χ2n) is 8.60. The number of rotatable bonds is 5. The molecule has 0 unspecified atom stereocenters. The molecule has 1 aliphatic rings. The lowest BCUT2D eigenvalue weighted by Gasteiger charge is -2.24. The molecule has 0 radical (unpaired) electrons. The van der Waals surface area contributed by atoms with Gasteiger partial charge in [0.05, 0.1) is 5.56 Å². The van der Waals surface area contributed by atoms with Gasteiger partial charge in [0.25, 0.3) is 0 Å². The van der Waals surface area contributed by atoms with Gasteiger partial charge in [-0.25, -0.2) is 9.78 Å². The molecule has 0 saturated heterocycles. The molecule has 0 atom stereocenters. The van der Waals surface area contributed by atoms with E-state index in [-0.39, 0.29) is 5.97 Å². The molecule has 2 heterocycles. The summed E-state index contributed by atoms with van der Waals surface area (Å²) in [5.41, 5.74) is 4.09. The number of pyridine rings is 1. The summed E-state index contributed by atoms with van der Waals surface area (Å²) in [5.74, 6) is 1.12. The Kier molecular flexibility index (Phi) is 6.18. The second kappa shape index (κ2) is 9.40. The predicted molar refractivity (Wildman–Crippen MR) is 135 cm³/mol. The molecule has 33 heavy (non-hydrogen) atoms. The number of aromatic nitrogens is 2. The van der Waals surface area contributed by atoms with Gasteiger partial charge in [-0.05, 0) is 71.6 Å². The number of nitrogens with zero attached hydrogens (tertiary/aromatic N) is 2. The van der Waals surface area contributed by atoms with E-state index >= 15 is 0 Å². The lowest BCUT2D eigenvalue weighted by Crippen LogP contribution is -2.23. The van der Waals surface area contributed by atoms with Gasteiger partial charge in [-0.3, -0.25) is 4.40 Å². The number of imidazole rings is 1. The van der Waals surface area contributed by atoms with Crippen molar-refractivity contribution < 1.29 is 9.53 Å². The average molecular weight is 504 g/mol. The van der Waals surface area contributed by atoms with Crippen LogP contribution in [0.15, 0.2) is 71.3 Å². The SMILES string of the molecule is Cc1ccccc1C(=O)Oc1cccc(-c2nc3ccc(Br)cn3c2NC2CCCCC2)c1. The summed E-state index contributed by atoms with van der Waals surface area (Å²) >= 11 is 3.59. The summed E-state index contributed by atoms with van der Waals surface area (Å²) in [6.45, 7) is 1.91. The van der Waals surface area contributed by atoms with Crippen LogP contribution < -0.4 is 10.1 Å². The van der Waals surface area contributed by atoms with Gasteiger partial charge >= 0.3 is 5.97 Å². The van der Waals surface area contributed by atoms with E-state index in [4.69, 9.17) is 9.72 Å². The van der Waals surface area contributed by atoms with Gasteiger partial charge in [0.1, 0.15) is 22.9 Å². The Morgan fingerprint density at radius 3 is 2.70 bits per heavy atom. The van der Waals surface area contributed by atoms with Crippen LogP contribution in [-0.2, 0) is 0 Å². The molecular weight excluding hydrogens is 478 g/mol. The van der Waals surface area contributed by atoms with Crippen LogP contribution >= 0.6 is 15.9 Å². The number of hydrogen-bond donors (Lipinski definition) is 1. The highest BCUT2D eigenvalue weighted by atomic mass is 79.9. The zero-order valence-corrected chi connectivity index (χ0v) is 20.1. The van der Waals surface area contributed by atoms with E-state index in [1.54, 1.807) is 12.1 Å². The van der Waals surface area contributed by atoms with Crippen molar-refractivity contribution in [2.24, 2.45) is 0 Å². The van der Waals surface area contributed by atoms with E-state index in [9.17, 15) is 4.79 Å². The lowest BCUT2D eigenvalue weighted by molar-refractivity contribution is 0.0734. The number of ether oxygens (including phenoxy) is 1. The molecule has 0 amide bonds. The van der Waals surface area contributed by atoms with Crippen molar-refractivity contribution >= 4 is 33.4 Å². The van der Waals surface area contributed by atoms with Crippen molar-refractivity contribution in [2.75, 3.05) is 5.32 Å². The monoisotopic (exact) mass is 503 g/mol. The van der Waals surface area contributed by atoms with Crippen molar-refractivity contribution in [1.82, 2.24) is 9.38 Å². The van der Waals surface area contributed by atoms with Gasteiger partial charge in [0, 0.05) is 22.3 Å². The van der Waals surface area contributed by atoms with E-state index in [0.717, 1.165) is 45.6 Å². The van der Waals surface area contributed by atoms with Crippen LogP contribution in [0, 0.1) is 6.92 Å². The molecule has 1 N–H and O–H groups in total. The summed E-state index contributed by atoms with van der Waals surface area (Å²) < 4.78 is 8.81. The maximum Gasteiger partial charge on any atom is 0.343 e. The number of nitrogens with one attached hydrogen (secondary N) is 1. The standard InChI is InChI=1S/C27H26BrN3O2/c1-18-8-5-6-13-23(18)27(32)33-22-12-7-9-19(16-22)25-26(29-21-10-3-2-4-11-21)31-17-20(28)14-15-24(31)30-25/h5-9,12-17,21,29H,2-4,10-11H2,1H3. The van der Waals surface area contributed by atoms with Gasteiger partial charge in [-0.2, -0.15) is 0 Å². The smallest absolute Gasteiger partial charge is 0.343 e. The maximum absolute atomic E-state index is 12.7. The Bertz CT molecular complexity index is 1310. The third-order valence-electron chi connectivity index (χ3n) is 6.21. The van der Waals surface area contributed by atoms with Crippen LogP contribution in [0.5, 0.6) is 5.75 Å². The molecule has 0 aliphatic heterocycles. The zero-order chi connectivity index (χ0) is 22.8. The molecule has 6 heteroatoms. The highest BCUT2D eigenvalue weighted by molar-refractivity contribution is 9.10. The van der Waals surface area contributed by atoms with Gasteiger partial charge in [0.2, 0.25) is 0 Å². The molecule has 5 nitrogen and oxygen atoms in total. The Hall–Kier alpha value is -3.12. The zero-order valence-electron chi connectivity index (χ0n) is 18.6. The van der Waals surface area contributed by atoms with Crippen molar-refractivity contribution in [1.29, 1.82) is 0 Å². The third kappa shape index (κ3) is 4.67. The highest BCUT2D eigenvalue weighted by Gasteiger charge is 2.20. The topological polar surface area (TPSA) is 55.6 Å². The second-order valence-corrected chi connectivity index (χ2v) is 9.51. The number of benzene rings is 2. The summed E-state index contributed by atoms with van der Waals surface area (Å²) in [6, 6.07) is 19.5. The molecule has 4 aromatic rings. The number of carbonyl (C=O) groups excluding carboxylic acids is 1. The van der Waals surface area contributed by atoms with Crippen LogP contribution in [0.2, 0.25) is 0 Å². The van der Waals surface area contributed by atoms with Gasteiger partial charge < -0.3 is 10.1 Å². The first-order valence-corrected chi connectivity index (χ1v) is 12.2. The van der Waals surface area contributed by atoms with Crippen LogP contribution in [0.25, 0.3) is 16.9 Å². The van der Waals surface area contributed by atoms with Crippen LogP contribution in [0.3, 0.4) is 0 Å². The number of hydrogen-bond acceptors (Lipinski definition) is 4. The molecule has 168 valence electrons. The number of anilines is 1. The average Bonchev–Trinajstić information content (AvgIpc) is 3.17. The first kappa shape index (κ1) is 21.7. The molecule has 5 rings (SSSR count). The Balaban J connectivity index is 1.50. The normalized spacial score (nSPS) is 14.4. The van der Waals surface area contributed by atoms with Crippen LogP contribution in [-0.4, -0.2) is 21.4 Å². The molecule has 2 aromatic heterocycles. The van der Waals surface area contributed by atoms with E-state index in [0.29, 0.717) is 17.4 Å². The van der Waals surface area contributed by atoms with Crippen molar-refractivity contribution in [3.63, 3.8) is 0 Å². The summed E-state index contributed by atoms with van der Waals surface area (Å²) in [5, 5.41) is 3.76. The van der Waals surface area contributed by atoms with E-state index in [1.807, 2.05) is 61.7 Å². The van der Waals surface area contributed by atoms with Crippen LogP contribution in [0.4, 0.5) is 5.82 Å². The largest absolute Gasteiger partial charge is 0.423 e. The fourth-order valence-corrected chi connectivity index (χ4v) is 4.81. The molecule has 2 aromatic carbocycles. The highest BCUT2D eigenvalue weighted by Crippen LogP contribution is 2.34.